The molecule has 4 aromatic rings. The highest BCUT2D eigenvalue weighted by Crippen LogP contribution is 2.40. The molecule has 1 saturated carbocycles. The van der Waals surface area contributed by atoms with E-state index in [4.69, 9.17) is 32.9 Å². The van der Waals surface area contributed by atoms with Crippen molar-refractivity contribution >= 4 is 63.4 Å². The number of ketones is 1. The third-order valence-electron chi connectivity index (χ3n) is 8.03. The molecule has 212 valence electrons. The van der Waals surface area contributed by atoms with Crippen molar-refractivity contribution in [1.29, 1.82) is 0 Å². The van der Waals surface area contributed by atoms with Crippen LogP contribution in [0, 0.1) is 11.8 Å². The third-order valence-corrected chi connectivity index (χ3v) is 8.52. The zero-order chi connectivity index (χ0) is 29.5. The van der Waals surface area contributed by atoms with E-state index in [1.807, 2.05) is 0 Å². The molecule has 1 saturated heterocycles. The molecule has 3 unspecified atom stereocenters. The lowest BCUT2D eigenvalue weighted by Crippen LogP contribution is -2.30. The van der Waals surface area contributed by atoms with Gasteiger partial charge >= 0.3 is 5.97 Å². The van der Waals surface area contributed by atoms with Gasteiger partial charge in [0.2, 0.25) is 17.6 Å². The number of hydrogen-bond acceptors (Lipinski definition) is 6. The number of carbonyl (C=O) groups is 4. The van der Waals surface area contributed by atoms with Crippen LogP contribution in [0.15, 0.2) is 72.8 Å². The van der Waals surface area contributed by atoms with Gasteiger partial charge in [0.05, 0.1) is 34.3 Å². The molecular weight excluding hydrogens is 575 g/mol. The summed E-state index contributed by atoms with van der Waals surface area (Å²) in [5, 5.41) is 1.39. The van der Waals surface area contributed by atoms with Crippen LogP contribution in [-0.2, 0) is 14.3 Å². The van der Waals surface area contributed by atoms with Gasteiger partial charge < -0.3 is 4.74 Å². The van der Waals surface area contributed by atoms with Gasteiger partial charge in [-0.1, -0.05) is 48.2 Å². The first-order valence-corrected chi connectivity index (χ1v) is 14.6. The smallest absolute Gasteiger partial charge is 0.339 e. The lowest BCUT2D eigenvalue weighted by atomic mass is 9.81. The van der Waals surface area contributed by atoms with Crippen molar-refractivity contribution in [3.63, 3.8) is 0 Å². The number of hydrogen-bond donors (Lipinski definition) is 0. The number of nitrogens with zero attached hydrogens (tertiary/aromatic N) is 2. The molecule has 0 N–H and O–H groups in total. The molecule has 9 heteroatoms. The van der Waals surface area contributed by atoms with Gasteiger partial charge in [-0.15, -0.1) is 0 Å². The van der Waals surface area contributed by atoms with Crippen molar-refractivity contribution in [2.24, 2.45) is 11.8 Å². The predicted octanol–water partition coefficient (Wildman–Crippen LogP) is 7.32. The number of aromatic nitrogens is 1. The second-order valence-electron chi connectivity index (χ2n) is 10.7. The van der Waals surface area contributed by atoms with Gasteiger partial charge in [0.1, 0.15) is 0 Å². The van der Waals surface area contributed by atoms with E-state index in [-0.39, 0.29) is 35.0 Å². The molecule has 1 aliphatic heterocycles. The summed E-state index contributed by atoms with van der Waals surface area (Å²) < 4.78 is 5.60. The van der Waals surface area contributed by atoms with E-state index < -0.39 is 12.1 Å². The van der Waals surface area contributed by atoms with Crippen LogP contribution in [0.3, 0.4) is 0 Å². The van der Waals surface area contributed by atoms with Crippen LogP contribution >= 0.6 is 23.2 Å². The lowest BCUT2D eigenvalue weighted by Gasteiger charge is -2.19. The molecule has 1 aliphatic carbocycles. The van der Waals surface area contributed by atoms with Crippen LogP contribution in [0.4, 0.5) is 5.69 Å². The Labute approximate surface area is 252 Å². The Bertz CT molecular complexity index is 1710. The van der Waals surface area contributed by atoms with Crippen LogP contribution in [0.25, 0.3) is 22.2 Å². The average Bonchev–Trinajstić information content (AvgIpc) is 3.26. The summed E-state index contributed by atoms with van der Waals surface area (Å²) >= 11 is 12.2. The van der Waals surface area contributed by atoms with Crippen molar-refractivity contribution in [1.82, 2.24) is 4.98 Å². The Morgan fingerprint density at radius 1 is 0.857 bits per heavy atom. The van der Waals surface area contributed by atoms with E-state index in [1.54, 1.807) is 72.8 Å². The molecule has 6 rings (SSSR count). The molecule has 0 spiro atoms. The van der Waals surface area contributed by atoms with Crippen LogP contribution in [0.1, 0.15) is 53.3 Å². The topological polar surface area (TPSA) is 93.6 Å². The van der Waals surface area contributed by atoms with E-state index in [0.717, 1.165) is 25.7 Å². The third kappa shape index (κ3) is 5.19. The summed E-state index contributed by atoms with van der Waals surface area (Å²) in [6.45, 7) is 1.52. The van der Waals surface area contributed by atoms with Crippen molar-refractivity contribution in [2.75, 3.05) is 4.90 Å². The van der Waals surface area contributed by atoms with Gasteiger partial charge in [-0.2, -0.15) is 0 Å². The molecule has 3 aromatic carbocycles. The highest BCUT2D eigenvalue weighted by atomic mass is 35.5. The second-order valence-corrected chi connectivity index (χ2v) is 11.6. The quantitative estimate of drug-likeness (QED) is 0.131. The van der Waals surface area contributed by atoms with Gasteiger partial charge in [0, 0.05) is 26.6 Å². The first-order chi connectivity index (χ1) is 20.2. The van der Waals surface area contributed by atoms with Crippen LogP contribution in [-0.4, -0.2) is 34.7 Å². The van der Waals surface area contributed by atoms with Gasteiger partial charge in [-0.05, 0) is 80.4 Å². The number of benzene rings is 3. The number of pyridine rings is 1. The van der Waals surface area contributed by atoms with Crippen LogP contribution in [0.5, 0.6) is 0 Å². The number of halogens is 2. The molecule has 7 nitrogen and oxygen atoms in total. The summed E-state index contributed by atoms with van der Waals surface area (Å²) in [4.78, 5) is 58.4. The zero-order valence-corrected chi connectivity index (χ0v) is 24.2. The van der Waals surface area contributed by atoms with Gasteiger partial charge in [0.15, 0.2) is 6.10 Å². The van der Waals surface area contributed by atoms with Gasteiger partial charge in [-0.3, -0.25) is 19.3 Å². The number of anilines is 1. The molecule has 2 amide bonds. The van der Waals surface area contributed by atoms with Crippen LogP contribution in [0.2, 0.25) is 10.0 Å². The fourth-order valence-electron chi connectivity index (χ4n) is 5.84. The van der Waals surface area contributed by atoms with E-state index >= 15 is 0 Å². The minimum Gasteiger partial charge on any atom is -0.451 e. The molecule has 42 heavy (non-hydrogen) atoms. The summed E-state index contributed by atoms with van der Waals surface area (Å²) in [6, 6.07) is 19.9. The van der Waals surface area contributed by atoms with Crippen molar-refractivity contribution in [3.8, 4) is 11.3 Å². The minimum absolute atomic E-state index is 0.134. The van der Waals surface area contributed by atoms with E-state index in [9.17, 15) is 19.2 Å². The van der Waals surface area contributed by atoms with Crippen molar-refractivity contribution < 1.29 is 23.9 Å². The fourth-order valence-corrected chi connectivity index (χ4v) is 6.14. The maximum Gasteiger partial charge on any atom is 0.339 e. The highest BCUT2D eigenvalue weighted by molar-refractivity contribution is 6.31. The van der Waals surface area contributed by atoms with E-state index in [0.29, 0.717) is 43.5 Å². The Hall–Kier alpha value is -4.07. The molecule has 1 aromatic heterocycles. The number of amides is 2. The highest BCUT2D eigenvalue weighted by Gasteiger charge is 2.48. The summed E-state index contributed by atoms with van der Waals surface area (Å²) in [7, 11) is 0. The van der Waals surface area contributed by atoms with E-state index in [1.165, 1.54) is 11.8 Å². The van der Waals surface area contributed by atoms with Gasteiger partial charge in [0.25, 0.3) is 0 Å². The number of ether oxygens (including phenoxy) is 1. The van der Waals surface area contributed by atoms with Gasteiger partial charge in [-0.25, -0.2) is 9.78 Å². The van der Waals surface area contributed by atoms with Crippen LogP contribution < -0.4 is 4.90 Å². The standard InChI is InChI=1S/C33H26Cl2N2O5/c1-18(30(38)20-6-10-21(34)11-7-20)42-33(41)27-17-29(36-28-15-12-22(35)16-26(27)28)19-8-13-23(14-9-19)37-31(39)24-4-2-3-5-25(24)32(37)40/h6-18,24-25H,2-5H2,1H3. The number of imide groups is 1. The number of Topliss-reactive ketones (excluding diaryl/α,β-unsaturated/α-hetero) is 1. The minimum atomic E-state index is -1.05. The average molecular weight is 601 g/mol. The SMILES string of the molecule is CC(OC(=O)c1cc(-c2ccc(N3C(=O)C4CCCCC4C3=O)cc2)nc2ccc(Cl)cc12)C(=O)c1ccc(Cl)cc1. The first kappa shape index (κ1) is 28.1. The molecule has 2 heterocycles. The molecular formula is C33H26Cl2N2O5. The Morgan fingerprint density at radius 2 is 1.48 bits per heavy atom. The lowest BCUT2D eigenvalue weighted by molar-refractivity contribution is -0.122. The number of carbonyl (C=O) groups excluding carboxylic acids is 4. The second kappa shape index (κ2) is 11.3. The first-order valence-electron chi connectivity index (χ1n) is 13.8. The molecule has 2 aliphatic rings. The normalized spacial score (nSPS) is 19.1. The summed E-state index contributed by atoms with van der Waals surface area (Å²) in [5.41, 5.74) is 2.76. The fraction of sp³-hybridized carbons (Fsp3) is 0.242. The Balaban J connectivity index is 1.30. The maximum absolute atomic E-state index is 13.4. The zero-order valence-electron chi connectivity index (χ0n) is 22.7. The van der Waals surface area contributed by atoms with Crippen molar-refractivity contribution in [3.05, 3.63) is 94.0 Å². The Kier molecular flexibility index (Phi) is 7.56. The summed E-state index contributed by atoms with van der Waals surface area (Å²) in [6.07, 6.45) is 2.37. The predicted molar refractivity (Wildman–Crippen MR) is 161 cm³/mol. The number of fused-ring (bicyclic) bond motifs is 2. The molecule has 2 fully saturated rings. The van der Waals surface area contributed by atoms with Crippen molar-refractivity contribution in [2.45, 2.75) is 38.7 Å². The maximum atomic E-state index is 13.4. The summed E-state index contributed by atoms with van der Waals surface area (Å²) in [5.74, 6) is -1.80. The molecule has 0 bridgehead atoms. The molecule has 0 radical (unpaired) electrons. The monoisotopic (exact) mass is 600 g/mol. The Morgan fingerprint density at radius 3 is 2.12 bits per heavy atom. The molecule has 3 atom stereocenters. The van der Waals surface area contributed by atoms with E-state index in [2.05, 4.69) is 0 Å². The number of esters is 1. The number of rotatable bonds is 6. The largest absolute Gasteiger partial charge is 0.451 e.